The molecule has 0 amide bonds. The van der Waals surface area contributed by atoms with Gasteiger partial charge in [0, 0.05) is 16.1 Å². The Morgan fingerprint density at radius 2 is 2.06 bits per heavy atom. The quantitative estimate of drug-likeness (QED) is 0.662. The van der Waals surface area contributed by atoms with Crippen molar-refractivity contribution < 1.29 is 4.42 Å². The van der Waals surface area contributed by atoms with Crippen molar-refractivity contribution in [3.05, 3.63) is 35.6 Å². The normalized spacial score (nSPS) is 25.3. The average molecular weight is 293 g/mol. The van der Waals surface area contributed by atoms with Gasteiger partial charge >= 0.3 is 0 Å². The first-order chi connectivity index (χ1) is 8.25. The number of aryl methyl sites for hydroxylation is 1. The van der Waals surface area contributed by atoms with Crippen molar-refractivity contribution in [2.45, 2.75) is 43.4 Å². The van der Waals surface area contributed by atoms with Crippen LogP contribution in [0.15, 0.2) is 28.7 Å². The number of halogens is 1. The first-order valence-electron chi connectivity index (χ1n) is 6.39. The molecule has 1 saturated carbocycles. The van der Waals surface area contributed by atoms with Gasteiger partial charge in [0.15, 0.2) is 0 Å². The number of alkyl halides is 1. The van der Waals surface area contributed by atoms with Gasteiger partial charge in [-0.25, -0.2) is 0 Å². The van der Waals surface area contributed by atoms with E-state index in [0.29, 0.717) is 10.7 Å². The Kier molecular flexibility index (Phi) is 2.99. The molecule has 0 radical (unpaired) electrons. The highest BCUT2D eigenvalue weighted by Crippen LogP contribution is 2.39. The third-order valence-corrected chi connectivity index (χ3v) is 4.90. The number of rotatable bonds is 1. The summed E-state index contributed by atoms with van der Waals surface area (Å²) in [5.41, 5.74) is 2.29. The number of furan rings is 1. The second-order valence-electron chi connectivity index (χ2n) is 5.05. The van der Waals surface area contributed by atoms with E-state index >= 15 is 0 Å². The molecule has 17 heavy (non-hydrogen) atoms. The second-order valence-corrected chi connectivity index (χ2v) is 6.23. The van der Waals surface area contributed by atoms with Crippen LogP contribution in [-0.2, 0) is 0 Å². The zero-order valence-electron chi connectivity index (χ0n) is 10.1. The molecule has 0 aliphatic heterocycles. The van der Waals surface area contributed by atoms with Gasteiger partial charge in [0.1, 0.15) is 11.3 Å². The van der Waals surface area contributed by atoms with Gasteiger partial charge in [-0.2, -0.15) is 0 Å². The average Bonchev–Trinajstić information content (AvgIpc) is 2.75. The molecule has 1 aliphatic carbocycles. The molecule has 3 rings (SSSR count). The maximum Gasteiger partial charge on any atom is 0.137 e. The van der Waals surface area contributed by atoms with Crippen molar-refractivity contribution in [3.63, 3.8) is 0 Å². The summed E-state index contributed by atoms with van der Waals surface area (Å²) in [5, 5.41) is 1.24. The fourth-order valence-electron chi connectivity index (χ4n) is 2.82. The molecule has 1 nitrogen and oxygen atoms in total. The highest BCUT2D eigenvalue weighted by Gasteiger charge is 2.27. The summed E-state index contributed by atoms with van der Waals surface area (Å²) < 4.78 is 6.08. The van der Waals surface area contributed by atoms with Gasteiger partial charge in [0.05, 0.1) is 0 Å². The van der Waals surface area contributed by atoms with Crippen molar-refractivity contribution in [2.24, 2.45) is 0 Å². The van der Waals surface area contributed by atoms with E-state index in [-0.39, 0.29) is 0 Å². The van der Waals surface area contributed by atoms with E-state index in [1.807, 2.05) is 0 Å². The van der Waals surface area contributed by atoms with Crippen molar-refractivity contribution >= 4 is 26.9 Å². The Morgan fingerprint density at radius 1 is 1.24 bits per heavy atom. The van der Waals surface area contributed by atoms with E-state index < -0.39 is 0 Å². The summed E-state index contributed by atoms with van der Waals surface area (Å²) in [6.07, 6.45) is 5.17. The third-order valence-electron chi connectivity index (χ3n) is 3.81. The third kappa shape index (κ3) is 2.03. The lowest BCUT2D eigenvalue weighted by atomic mass is 9.87. The molecule has 1 heterocycles. The van der Waals surface area contributed by atoms with E-state index in [0.717, 1.165) is 11.3 Å². The molecule has 2 aromatic rings. The minimum Gasteiger partial charge on any atom is -0.460 e. The lowest BCUT2D eigenvalue weighted by Crippen LogP contribution is -2.16. The summed E-state index contributed by atoms with van der Waals surface area (Å²) in [6, 6.07) is 8.58. The molecule has 0 N–H and O–H groups in total. The van der Waals surface area contributed by atoms with Gasteiger partial charge in [0.25, 0.3) is 0 Å². The number of hydrogen-bond acceptors (Lipinski definition) is 1. The minimum absolute atomic E-state index is 0.551. The number of hydrogen-bond donors (Lipinski definition) is 0. The van der Waals surface area contributed by atoms with Crippen LogP contribution in [0.4, 0.5) is 0 Å². The van der Waals surface area contributed by atoms with E-state index in [4.69, 9.17) is 4.42 Å². The molecule has 2 atom stereocenters. The molecule has 0 bridgehead atoms. The van der Waals surface area contributed by atoms with Crippen LogP contribution >= 0.6 is 15.9 Å². The van der Waals surface area contributed by atoms with Crippen LogP contribution in [0.2, 0.25) is 0 Å². The maximum absolute atomic E-state index is 6.08. The summed E-state index contributed by atoms with van der Waals surface area (Å²) in [7, 11) is 0. The van der Waals surface area contributed by atoms with Crippen molar-refractivity contribution in [1.29, 1.82) is 0 Å². The van der Waals surface area contributed by atoms with Gasteiger partial charge in [-0.05, 0) is 31.4 Å². The van der Waals surface area contributed by atoms with Gasteiger partial charge < -0.3 is 4.42 Å². The standard InChI is InChI=1S/C15H17BrO/c1-10-5-4-6-11-9-14(17-15(10)11)12-7-2-3-8-13(12)16/h4-6,9,12-13H,2-3,7-8H2,1H3. The number of fused-ring (bicyclic) bond motifs is 1. The van der Waals surface area contributed by atoms with Gasteiger partial charge in [-0.15, -0.1) is 0 Å². The lowest BCUT2D eigenvalue weighted by Gasteiger charge is -2.25. The molecular formula is C15H17BrO. The molecule has 1 aromatic carbocycles. The highest BCUT2D eigenvalue weighted by molar-refractivity contribution is 9.09. The predicted molar refractivity (Wildman–Crippen MR) is 74.9 cm³/mol. The van der Waals surface area contributed by atoms with E-state index in [9.17, 15) is 0 Å². The molecule has 2 unspecified atom stereocenters. The summed E-state index contributed by atoms with van der Waals surface area (Å²) >= 11 is 3.81. The van der Waals surface area contributed by atoms with E-state index in [1.54, 1.807) is 0 Å². The topological polar surface area (TPSA) is 13.1 Å². The zero-order chi connectivity index (χ0) is 11.8. The SMILES string of the molecule is Cc1cccc2cc(C3CCCCC3Br)oc12. The maximum atomic E-state index is 6.08. The van der Waals surface area contributed by atoms with Crippen molar-refractivity contribution in [1.82, 2.24) is 0 Å². The van der Waals surface area contributed by atoms with Crippen LogP contribution in [0.3, 0.4) is 0 Å². The van der Waals surface area contributed by atoms with Crippen LogP contribution in [0, 0.1) is 6.92 Å². The second kappa shape index (κ2) is 4.49. The van der Waals surface area contributed by atoms with Crippen LogP contribution in [0.1, 0.15) is 42.9 Å². The zero-order valence-corrected chi connectivity index (χ0v) is 11.7. The predicted octanol–water partition coefficient (Wildman–Crippen LogP) is 5.16. The van der Waals surface area contributed by atoms with E-state index in [2.05, 4.69) is 47.1 Å². The smallest absolute Gasteiger partial charge is 0.137 e. The molecule has 2 heteroatoms. The Bertz CT molecular complexity index is 529. The molecule has 0 spiro atoms. The van der Waals surface area contributed by atoms with E-state index in [1.165, 1.54) is 36.6 Å². The Hall–Kier alpha value is -0.760. The first-order valence-corrected chi connectivity index (χ1v) is 7.30. The van der Waals surface area contributed by atoms with Crippen LogP contribution in [-0.4, -0.2) is 4.83 Å². The molecule has 1 aliphatic rings. The summed E-state index contributed by atoms with van der Waals surface area (Å²) in [6.45, 7) is 2.11. The molecular weight excluding hydrogens is 276 g/mol. The molecule has 0 saturated heterocycles. The Labute approximate surface area is 110 Å². The lowest BCUT2D eigenvalue weighted by molar-refractivity contribution is 0.398. The number of benzene rings is 1. The summed E-state index contributed by atoms with van der Waals surface area (Å²) in [5.74, 6) is 1.71. The largest absolute Gasteiger partial charge is 0.460 e. The molecule has 90 valence electrons. The summed E-state index contributed by atoms with van der Waals surface area (Å²) in [4.78, 5) is 0.581. The monoisotopic (exact) mass is 292 g/mol. The highest BCUT2D eigenvalue weighted by atomic mass is 79.9. The van der Waals surface area contributed by atoms with Gasteiger partial charge in [0.2, 0.25) is 0 Å². The fourth-order valence-corrected chi connectivity index (χ4v) is 3.67. The van der Waals surface area contributed by atoms with Crippen molar-refractivity contribution in [2.75, 3.05) is 0 Å². The van der Waals surface area contributed by atoms with Crippen LogP contribution in [0.25, 0.3) is 11.0 Å². The molecule has 1 fully saturated rings. The Balaban J connectivity index is 2.02. The van der Waals surface area contributed by atoms with Crippen molar-refractivity contribution in [3.8, 4) is 0 Å². The number of para-hydroxylation sites is 1. The van der Waals surface area contributed by atoms with Gasteiger partial charge in [-0.1, -0.05) is 47.0 Å². The first kappa shape index (κ1) is 11.3. The van der Waals surface area contributed by atoms with Crippen LogP contribution in [0.5, 0.6) is 0 Å². The minimum atomic E-state index is 0.551. The van der Waals surface area contributed by atoms with Crippen LogP contribution < -0.4 is 0 Å². The fraction of sp³-hybridized carbons (Fsp3) is 0.467. The van der Waals surface area contributed by atoms with Gasteiger partial charge in [-0.3, -0.25) is 0 Å². The Morgan fingerprint density at radius 3 is 2.82 bits per heavy atom. The molecule has 1 aromatic heterocycles.